The Labute approximate surface area is 134 Å². The number of hydrogen-bond donors (Lipinski definition) is 1. The molecular formula is C16H14N2O4S. The van der Waals surface area contributed by atoms with Crippen molar-refractivity contribution in [3.8, 4) is 6.07 Å². The summed E-state index contributed by atoms with van der Waals surface area (Å²) in [7, 11) is -2.80. The Hall–Kier alpha value is -2.85. The molecular weight excluding hydrogens is 316 g/mol. The lowest BCUT2D eigenvalue weighted by molar-refractivity contribution is 0.0698. The van der Waals surface area contributed by atoms with Crippen molar-refractivity contribution in [3.05, 3.63) is 59.2 Å². The minimum absolute atomic E-state index is 0.0328. The zero-order valence-corrected chi connectivity index (χ0v) is 13.3. The smallest absolute Gasteiger partial charge is 0.337 e. The molecule has 0 aliphatic heterocycles. The average Bonchev–Trinajstić information content (AvgIpc) is 2.53. The molecule has 118 valence electrons. The molecule has 7 heteroatoms. The summed E-state index contributed by atoms with van der Waals surface area (Å²) in [6, 6.07) is 12.2. The Morgan fingerprint density at radius 1 is 1.17 bits per heavy atom. The standard InChI is InChI=1S/C16H14N2O4S/c1-11-6-5-9-15(13(11)10-17)23(21,22)18(2)14-8-4-3-7-12(14)16(19)20/h3-9H,1-2H3,(H,19,20). The van der Waals surface area contributed by atoms with Crippen LogP contribution in [-0.2, 0) is 10.0 Å². The third-order valence-electron chi connectivity index (χ3n) is 3.46. The summed E-state index contributed by atoms with van der Waals surface area (Å²) in [6.07, 6.45) is 0. The average molecular weight is 330 g/mol. The van der Waals surface area contributed by atoms with Gasteiger partial charge in [-0.2, -0.15) is 5.26 Å². The molecule has 6 nitrogen and oxygen atoms in total. The zero-order chi connectivity index (χ0) is 17.2. The topological polar surface area (TPSA) is 98.5 Å². The van der Waals surface area contributed by atoms with E-state index in [0.717, 1.165) is 4.31 Å². The van der Waals surface area contributed by atoms with Crippen LogP contribution in [-0.4, -0.2) is 26.5 Å². The monoisotopic (exact) mass is 330 g/mol. The fraction of sp³-hybridized carbons (Fsp3) is 0.125. The summed E-state index contributed by atoms with van der Waals surface area (Å²) in [5.41, 5.74) is 0.482. The van der Waals surface area contributed by atoms with E-state index in [1.165, 1.54) is 31.3 Å². The molecule has 0 fully saturated rings. The molecule has 0 radical (unpaired) electrons. The second-order valence-corrected chi connectivity index (χ2v) is 6.79. The molecule has 0 bridgehead atoms. The molecule has 0 aliphatic rings. The van der Waals surface area contributed by atoms with Crippen molar-refractivity contribution < 1.29 is 18.3 Å². The lowest BCUT2D eigenvalue weighted by Crippen LogP contribution is -2.29. The van der Waals surface area contributed by atoms with Gasteiger partial charge in [-0.05, 0) is 30.7 Å². The van der Waals surface area contributed by atoms with E-state index in [1.54, 1.807) is 25.1 Å². The van der Waals surface area contributed by atoms with Crippen molar-refractivity contribution in [2.24, 2.45) is 0 Å². The van der Waals surface area contributed by atoms with Gasteiger partial charge in [-0.25, -0.2) is 13.2 Å². The van der Waals surface area contributed by atoms with Gasteiger partial charge in [0.15, 0.2) is 0 Å². The van der Waals surface area contributed by atoms with Crippen molar-refractivity contribution in [1.29, 1.82) is 5.26 Å². The number of carboxylic acids is 1. The number of aromatic carboxylic acids is 1. The largest absolute Gasteiger partial charge is 0.478 e. The van der Waals surface area contributed by atoms with Gasteiger partial charge in [-0.1, -0.05) is 24.3 Å². The lowest BCUT2D eigenvalue weighted by atomic mass is 10.1. The highest BCUT2D eigenvalue weighted by molar-refractivity contribution is 7.92. The first kappa shape index (κ1) is 16.5. The molecule has 1 N–H and O–H groups in total. The maximum absolute atomic E-state index is 12.8. The molecule has 2 aromatic carbocycles. The first-order chi connectivity index (χ1) is 10.8. The minimum Gasteiger partial charge on any atom is -0.478 e. The van der Waals surface area contributed by atoms with Crippen LogP contribution in [0.3, 0.4) is 0 Å². The van der Waals surface area contributed by atoms with Crippen molar-refractivity contribution in [1.82, 2.24) is 0 Å². The maximum atomic E-state index is 12.8. The molecule has 0 unspecified atom stereocenters. The van der Waals surface area contributed by atoms with Gasteiger partial charge in [0.1, 0.15) is 11.0 Å². The Bertz CT molecular complexity index is 914. The third-order valence-corrected chi connectivity index (χ3v) is 5.27. The van der Waals surface area contributed by atoms with Crippen molar-refractivity contribution in [2.45, 2.75) is 11.8 Å². The quantitative estimate of drug-likeness (QED) is 0.928. The number of carboxylic acid groups (broad SMARTS) is 1. The highest BCUT2D eigenvalue weighted by Gasteiger charge is 2.27. The summed E-state index contributed by atoms with van der Waals surface area (Å²) >= 11 is 0. The number of nitrogens with zero attached hydrogens (tertiary/aromatic N) is 2. The van der Waals surface area contributed by atoms with Crippen LogP contribution in [0.2, 0.25) is 0 Å². The summed E-state index contributed by atoms with van der Waals surface area (Å²) in [4.78, 5) is 11.1. The summed E-state index contributed by atoms with van der Waals surface area (Å²) < 4.78 is 26.5. The van der Waals surface area contributed by atoms with E-state index >= 15 is 0 Å². The van der Waals surface area contributed by atoms with Gasteiger partial charge >= 0.3 is 5.97 Å². The number of sulfonamides is 1. The number of rotatable bonds is 4. The van der Waals surface area contributed by atoms with Crippen LogP contribution in [0, 0.1) is 18.3 Å². The molecule has 2 aromatic rings. The van der Waals surface area contributed by atoms with E-state index in [9.17, 15) is 23.6 Å². The zero-order valence-electron chi connectivity index (χ0n) is 12.5. The number of benzene rings is 2. The number of carbonyl (C=O) groups is 1. The number of para-hydroxylation sites is 1. The molecule has 0 spiro atoms. The van der Waals surface area contributed by atoms with Crippen molar-refractivity contribution >= 4 is 21.7 Å². The molecule has 0 saturated carbocycles. The van der Waals surface area contributed by atoms with Crippen LogP contribution in [0.4, 0.5) is 5.69 Å². The lowest BCUT2D eigenvalue weighted by Gasteiger charge is -2.22. The van der Waals surface area contributed by atoms with Gasteiger partial charge in [0.25, 0.3) is 10.0 Å². The molecule has 0 aliphatic carbocycles. The normalized spacial score (nSPS) is 10.8. The molecule has 0 heterocycles. The van der Waals surface area contributed by atoms with Crippen LogP contribution in [0.15, 0.2) is 47.4 Å². The van der Waals surface area contributed by atoms with Crippen LogP contribution in [0.1, 0.15) is 21.5 Å². The number of hydrogen-bond acceptors (Lipinski definition) is 4. The van der Waals surface area contributed by atoms with E-state index in [0.29, 0.717) is 5.56 Å². The van der Waals surface area contributed by atoms with E-state index in [4.69, 9.17) is 0 Å². The van der Waals surface area contributed by atoms with Gasteiger partial charge in [-0.15, -0.1) is 0 Å². The number of aryl methyl sites for hydroxylation is 1. The van der Waals surface area contributed by atoms with Gasteiger partial charge in [0.05, 0.1) is 16.8 Å². The molecule has 0 atom stereocenters. The van der Waals surface area contributed by atoms with Gasteiger partial charge in [-0.3, -0.25) is 4.31 Å². The molecule has 23 heavy (non-hydrogen) atoms. The van der Waals surface area contributed by atoms with Crippen LogP contribution in [0.5, 0.6) is 0 Å². The fourth-order valence-electron chi connectivity index (χ4n) is 2.21. The SMILES string of the molecule is Cc1cccc(S(=O)(=O)N(C)c2ccccc2C(=O)O)c1C#N. The Kier molecular flexibility index (Phi) is 4.38. The second-order valence-electron chi connectivity index (χ2n) is 4.85. The van der Waals surface area contributed by atoms with Gasteiger partial charge < -0.3 is 5.11 Å². The van der Waals surface area contributed by atoms with E-state index in [1.807, 2.05) is 6.07 Å². The predicted molar refractivity (Wildman–Crippen MR) is 84.9 cm³/mol. The molecule has 2 rings (SSSR count). The van der Waals surface area contributed by atoms with Crippen LogP contribution in [0.25, 0.3) is 0 Å². The van der Waals surface area contributed by atoms with Gasteiger partial charge in [0.2, 0.25) is 0 Å². The molecule has 0 amide bonds. The first-order valence-corrected chi connectivity index (χ1v) is 8.05. The maximum Gasteiger partial charge on any atom is 0.337 e. The minimum atomic E-state index is -4.07. The Morgan fingerprint density at radius 2 is 1.83 bits per heavy atom. The highest BCUT2D eigenvalue weighted by atomic mass is 32.2. The second kappa shape index (κ2) is 6.10. The third kappa shape index (κ3) is 2.89. The first-order valence-electron chi connectivity index (χ1n) is 6.61. The number of nitriles is 1. The molecule has 0 aromatic heterocycles. The fourth-order valence-corrected chi connectivity index (χ4v) is 3.63. The van der Waals surface area contributed by atoms with Crippen LogP contribution >= 0.6 is 0 Å². The van der Waals surface area contributed by atoms with E-state index < -0.39 is 16.0 Å². The number of anilines is 1. The Balaban J connectivity index is 2.65. The summed E-state index contributed by atoms with van der Waals surface area (Å²) in [5, 5.41) is 18.5. The van der Waals surface area contributed by atoms with E-state index in [2.05, 4.69) is 0 Å². The van der Waals surface area contributed by atoms with Crippen molar-refractivity contribution in [3.63, 3.8) is 0 Å². The Morgan fingerprint density at radius 3 is 2.43 bits per heavy atom. The molecule has 0 saturated heterocycles. The van der Waals surface area contributed by atoms with Crippen LogP contribution < -0.4 is 4.31 Å². The highest BCUT2D eigenvalue weighted by Crippen LogP contribution is 2.28. The van der Waals surface area contributed by atoms with Gasteiger partial charge in [0, 0.05) is 7.05 Å². The van der Waals surface area contributed by atoms with E-state index in [-0.39, 0.29) is 21.7 Å². The van der Waals surface area contributed by atoms with Crippen molar-refractivity contribution in [2.75, 3.05) is 11.4 Å². The summed E-state index contributed by atoms with van der Waals surface area (Å²) in [6.45, 7) is 1.64. The summed E-state index contributed by atoms with van der Waals surface area (Å²) in [5.74, 6) is -1.23. The predicted octanol–water partition coefficient (Wildman–Crippen LogP) is 2.39.